The molecular formula is C26H40O. The van der Waals surface area contributed by atoms with E-state index in [0.29, 0.717) is 12.3 Å². The molecule has 0 bridgehead atoms. The Bertz CT molecular complexity index is 524. The first-order valence-corrected chi connectivity index (χ1v) is 11.1. The van der Waals surface area contributed by atoms with Crippen LogP contribution in [0.1, 0.15) is 90.0 Å². The summed E-state index contributed by atoms with van der Waals surface area (Å²) in [5.74, 6) is 0.851. The van der Waals surface area contributed by atoms with Gasteiger partial charge in [0.2, 0.25) is 0 Å². The van der Waals surface area contributed by atoms with Gasteiger partial charge in [-0.25, -0.2) is 0 Å². The summed E-state index contributed by atoms with van der Waals surface area (Å²) in [7, 11) is 0. The van der Waals surface area contributed by atoms with E-state index in [9.17, 15) is 4.79 Å². The van der Waals surface area contributed by atoms with E-state index in [1.54, 1.807) is 6.08 Å². The zero-order chi connectivity index (χ0) is 19.6. The Morgan fingerprint density at radius 3 is 2.15 bits per heavy atom. The second kappa shape index (κ2) is 16.5. The third-order valence-electron chi connectivity index (χ3n) is 4.93. The summed E-state index contributed by atoms with van der Waals surface area (Å²) in [5.41, 5.74) is 1.47. The lowest BCUT2D eigenvalue weighted by Crippen LogP contribution is -1.95. The number of aryl methyl sites for hydroxylation is 1. The Balaban J connectivity index is 1.85. The lowest BCUT2D eigenvalue weighted by Gasteiger charge is -2.02. The van der Waals surface area contributed by atoms with Crippen molar-refractivity contribution in [2.24, 2.45) is 5.92 Å². The summed E-state index contributed by atoms with van der Waals surface area (Å²) in [6, 6.07) is 10.8. The molecule has 0 aromatic heterocycles. The Hall–Kier alpha value is -1.63. The van der Waals surface area contributed by atoms with Gasteiger partial charge in [-0.2, -0.15) is 0 Å². The van der Waals surface area contributed by atoms with Gasteiger partial charge in [-0.1, -0.05) is 101 Å². The molecule has 0 saturated carbocycles. The van der Waals surface area contributed by atoms with Crippen LogP contribution in [0.25, 0.3) is 0 Å². The fraction of sp³-hybridized carbons (Fsp3) is 0.577. The van der Waals surface area contributed by atoms with Crippen LogP contribution in [0.3, 0.4) is 0 Å². The highest BCUT2D eigenvalue weighted by molar-refractivity contribution is 5.89. The Morgan fingerprint density at radius 2 is 1.48 bits per heavy atom. The van der Waals surface area contributed by atoms with Gasteiger partial charge in [0.1, 0.15) is 0 Å². The predicted octanol–water partition coefficient (Wildman–Crippen LogP) is 7.86. The van der Waals surface area contributed by atoms with Gasteiger partial charge in [0.05, 0.1) is 0 Å². The number of allylic oxidation sites excluding steroid dienone is 4. The van der Waals surface area contributed by atoms with Gasteiger partial charge in [0.25, 0.3) is 0 Å². The van der Waals surface area contributed by atoms with Crippen molar-refractivity contribution in [2.75, 3.05) is 0 Å². The molecule has 150 valence electrons. The van der Waals surface area contributed by atoms with E-state index in [0.717, 1.165) is 12.8 Å². The summed E-state index contributed by atoms with van der Waals surface area (Å²) in [6.45, 7) is 4.31. The van der Waals surface area contributed by atoms with Crippen LogP contribution in [0.5, 0.6) is 0 Å². The third-order valence-corrected chi connectivity index (χ3v) is 4.93. The Morgan fingerprint density at radius 1 is 0.852 bits per heavy atom. The van der Waals surface area contributed by atoms with Crippen LogP contribution in [0, 0.1) is 5.92 Å². The van der Waals surface area contributed by atoms with Crippen molar-refractivity contribution in [1.29, 1.82) is 0 Å². The van der Waals surface area contributed by atoms with Gasteiger partial charge < -0.3 is 0 Å². The maximum Gasteiger partial charge on any atom is 0.155 e. The molecule has 0 unspecified atom stereocenters. The van der Waals surface area contributed by atoms with Gasteiger partial charge >= 0.3 is 0 Å². The van der Waals surface area contributed by atoms with Crippen LogP contribution in [0.2, 0.25) is 0 Å². The normalized spacial score (nSPS) is 11.8. The number of hydrogen-bond donors (Lipinski definition) is 0. The third kappa shape index (κ3) is 15.2. The molecule has 0 atom stereocenters. The summed E-state index contributed by atoms with van der Waals surface area (Å²) >= 11 is 0. The molecule has 1 aromatic rings. The zero-order valence-electron chi connectivity index (χ0n) is 17.7. The first-order chi connectivity index (χ1) is 13.2. The van der Waals surface area contributed by atoms with Gasteiger partial charge in [-0.05, 0) is 49.7 Å². The molecule has 0 spiro atoms. The number of rotatable bonds is 16. The predicted molar refractivity (Wildman–Crippen MR) is 119 cm³/mol. The van der Waals surface area contributed by atoms with E-state index in [1.807, 2.05) is 12.2 Å². The molecule has 0 aliphatic rings. The minimum Gasteiger partial charge on any atom is -0.295 e. The van der Waals surface area contributed by atoms with Crippen molar-refractivity contribution in [1.82, 2.24) is 0 Å². The molecule has 0 aliphatic carbocycles. The molecule has 1 aromatic carbocycles. The van der Waals surface area contributed by atoms with Gasteiger partial charge in [-0.15, -0.1) is 0 Å². The van der Waals surface area contributed by atoms with Crippen molar-refractivity contribution < 1.29 is 4.79 Å². The standard InChI is InChI=1S/C26H40O/c1-24(2)22-23-26(27)21-17-12-10-8-6-4-3-5-7-9-11-14-18-25-19-15-13-16-20-25/h10,12-13,15-17,19-21,24H,3-9,11,14,18,22-23H2,1-2H3/b12-10+,21-17+. The van der Waals surface area contributed by atoms with Crippen molar-refractivity contribution in [3.63, 3.8) is 0 Å². The number of unbranched alkanes of at least 4 members (excludes halogenated alkanes) is 8. The highest BCUT2D eigenvalue weighted by Gasteiger charge is 1.98. The van der Waals surface area contributed by atoms with Crippen LogP contribution in [0.15, 0.2) is 54.6 Å². The number of benzene rings is 1. The van der Waals surface area contributed by atoms with Crippen molar-refractivity contribution in [3.05, 3.63) is 60.2 Å². The largest absolute Gasteiger partial charge is 0.295 e. The summed E-state index contributed by atoms with van der Waals surface area (Å²) in [5, 5.41) is 0. The first-order valence-electron chi connectivity index (χ1n) is 11.1. The van der Waals surface area contributed by atoms with Gasteiger partial charge in [0, 0.05) is 6.42 Å². The molecule has 0 N–H and O–H groups in total. The quantitative estimate of drug-likeness (QED) is 0.165. The molecule has 0 fully saturated rings. The van der Waals surface area contributed by atoms with E-state index in [-0.39, 0.29) is 5.78 Å². The van der Waals surface area contributed by atoms with E-state index < -0.39 is 0 Å². The minimum absolute atomic E-state index is 0.247. The van der Waals surface area contributed by atoms with Crippen LogP contribution in [0.4, 0.5) is 0 Å². The Kier molecular flexibility index (Phi) is 14.3. The highest BCUT2D eigenvalue weighted by Crippen LogP contribution is 2.12. The van der Waals surface area contributed by atoms with Crippen LogP contribution in [-0.2, 0) is 11.2 Å². The maximum absolute atomic E-state index is 11.6. The summed E-state index contributed by atoms with van der Waals surface area (Å²) in [4.78, 5) is 11.6. The average molecular weight is 369 g/mol. The zero-order valence-corrected chi connectivity index (χ0v) is 17.7. The number of hydrogen-bond acceptors (Lipinski definition) is 1. The summed E-state index contributed by atoms with van der Waals surface area (Å²) < 4.78 is 0. The van der Waals surface area contributed by atoms with Crippen LogP contribution >= 0.6 is 0 Å². The molecule has 1 rings (SSSR count). The topological polar surface area (TPSA) is 17.1 Å². The van der Waals surface area contributed by atoms with E-state index in [4.69, 9.17) is 0 Å². The molecule has 0 aliphatic heterocycles. The molecule has 0 heterocycles. The van der Waals surface area contributed by atoms with Crippen molar-refractivity contribution >= 4 is 5.78 Å². The monoisotopic (exact) mass is 368 g/mol. The van der Waals surface area contributed by atoms with Gasteiger partial charge in [0.15, 0.2) is 5.78 Å². The average Bonchev–Trinajstić information content (AvgIpc) is 2.67. The van der Waals surface area contributed by atoms with Crippen molar-refractivity contribution in [3.8, 4) is 0 Å². The lowest BCUT2D eigenvalue weighted by molar-refractivity contribution is -0.114. The number of carbonyl (C=O) groups is 1. The Labute approximate surface area is 168 Å². The smallest absolute Gasteiger partial charge is 0.155 e. The maximum atomic E-state index is 11.6. The SMILES string of the molecule is CC(C)CCC(=O)/C=C/C=C/CCCCCCCCCCc1ccccc1. The fourth-order valence-corrected chi connectivity index (χ4v) is 3.15. The van der Waals surface area contributed by atoms with Crippen LogP contribution in [-0.4, -0.2) is 5.78 Å². The van der Waals surface area contributed by atoms with Crippen molar-refractivity contribution in [2.45, 2.75) is 90.9 Å². The second-order valence-corrected chi connectivity index (χ2v) is 8.04. The number of carbonyl (C=O) groups excluding carboxylic acids is 1. The second-order valence-electron chi connectivity index (χ2n) is 8.04. The molecule has 0 amide bonds. The first kappa shape index (κ1) is 23.4. The summed E-state index contributed by atoms with van der Waals surface area (Å²) in [6.07, 6.45) is 22.6. The molecule has 0 saturated heterocycles. The molecular weight excluding hydrogens is 328 g/mol. The van der Waals surface area contributed by atoms with E-state index in [2.05, 4.69) is 50.3 Å². The van der Waals surface area contributed by atoms with E-state index >= 15 is 0 Å². The fourth-order valence-electron chi connectivity index (χ4n) is 3.15. The number of ketones is 1. The molecule has 0 radical (unpaired) electrons. The molecule has 1 heteroatoms. The lowest BCUT2D eigenvalue weighted by atomic mass is 10.0. The van der Waals surface area contributed by atoms with Crippen LogP contribution < -0.4 is 0 Å². The minimum atomic E-state index is 0.247. The highest BCUT2D eigenvalue weighted by atomic mass is 16.1. The van der Waals surface area contributed by atoms with E-state index in [1.165, 1.54) is 63.4 Å². The molecule has 27 heavy (non-hydrogen) atoms. The van der Waals surface area contributed by atoms with Gasteiger partial charge in [-0.3, -0.25) is 4.79 Å². The molecule has 1 nitrogen and oxygen atoms in total.